The SMILES string of the molecule is C[C@@H]1CCC[C@H](C)N1Cc1csc(C(=O)NN)n1. The van der Waals surface area contributed by atoms with Crippen molar-refractivity contribution in [1.82, 2.24) is 15.3 Å². The molecule has 1 saturated heterocycles. The van der Waals surface area contributed by atoms with Crippen molar-refractivity contribution < 1.29 is 4.79 Å². The lowest BCUT2D eigenvalue weighted by molar-refractivity contribution is 0.0929. The highest BCUT2D eigenvalue weighted by Crippen LogP contribution is 2.24. The molecular formula is C12H20N4OS. The van der Waals surface area contributed by atoms with Gasteiger partial charge in [-0.05, 0) is 26.7 Å². The van der Waals surface area contributed by atoms with E-state index in [0.29, 0.717) is 17.1 Å². The first-order valence-electron chi connectivity index (χ1n) is 6.33. The Balaban J connectivity index is 2.04. The quantitative estimate of drug-likeness (QED) is 0.495. The summed E-state index contributed by atoms with van der Waals surface area (Å²) in [7, 11) is 0. The summed E-state index contributed by atoms with van der Waals surface area (Å²) in [6.45, 7) is 5.34. The van der Waals surface area contributed by atoms with Crippen molar-refractivity contribution in [3.8, 4) is 0 Å². The third kappa shape index (κ3) is 2.88. The highest BCUT2D eigenvalue weighted by Gasteiger charge is 2.25. The van der Waals surface area contributed by atoms with E-state index in [2.05, 4.69) is 29.2 Å². The van der Waals surface area contributed by atoms with E-state index in [4.69, 9.17) is 5.84 Å². The van der Waals surface area contributed by atoms with Gasteiger partial charge in [0.2, 0.25) is 0 Å². The van der Waals surface area contributed by atoms with Gasteiger partial charge in [-0.3, -0.25) is 15.1 Å². The maximum Gasteiger partial charge on any atom is 0.294 e. The van der Waals surface area contributed by atoms with E-state index in [0.717, 1.165) is 12.2 Å². The topological polar surface area (TPSA) is 71.2 Å². The number of amides is 1. The molecule has 0 bridgehead atoms. The van der Waals surface area contributed by atoms with Crippen molar-refractivity contribution in [2.24, 2.45) is 5.84 Å². The van der Waals surface area contributed by atoms with Gasteiger partial charge in [-0.2, -0.15) is 0 Å². The number of likely N-dealkylation sites (tertiary alicyclic amines) is 1. The molecule has 0 spiro atoms. The average Bonchev–Trinajstić information content (AvgIpc) is 2.81. The molecule has 0 aromatic carbocycles. The summed E-state index contributed by atoms with van der Waals surface area (Å²) in [6.07, 6.45) is 3.78. The molecule has 1 amide bonds. The second-order valence-corrected chi connectivity index (χ2v) is 5.78. The van der Waals surface area contributed by atoms with E-state index >= 15 is 0 Å². The van der Waals surface area contributed by atoms with Crippen molar-refractivity contribution in [3.05, 3.63) is 16.1 Å². The van der Waals surface area contributed by atoms with E-state index in [9.17, 15) is 4.79 Å². The standard InChI is InChI=1S/C12H20N4OS/c1-8-4-3-5-9(2)16(8)6-10-7-18-12(14-10)11(17)15-13/h7-9H,3-6,13H2,1-2H3,(H,15,17)/t8-,9+. The number of nitrogens with zero attached hydrogens (tertiary/aromatic N) is 2. The number of piperidine rings is 1. The van der Waals surface area contributed by atoms with Gasteiger partial charge in [-0.15, -0.1) is 11.3 Å². The van der Waals surface area contributed by atoms with Crippen LogP contribution in [0.2, 0.25) is 0 Å². The number of nitrogens with two attached hydrogens (primary N) is 1. The van der Waals surface area contributed by atoms with Crippen LogP contribution in [0.25, 0.3) is 0 Å². The zero-order chi connectivity index (χ0) is 13.1. The Morgan fingerprint density at radius 3 is 2.83 bits per heavy atom. The van der Waals surface area contributed by atoms with Crippen molar-refractivity contribution >= 4 is 17.2 Å². The van der Waals surface area contributed by atoms with Crippen LogP contribution >= 0.6 is 11.3 Å². The van der Waals surface area contributed by atoms with E-state index < -0.39 is 0 Å². The van der Waals surface area contributed by atoms with Gasteiger partial charge < -0.3 is 0 Å². The Kier molecular flexibility index (Phi) is 4.31. The van der Waals surface area contributed by atoms with Gasteiger partial charge in [-0.1, -0.05) is 6.42 Å². The van der Waals surface area contributed by atoms with E-state index in [1.807, 2.05) is 5.38 Å². The van der Waals surface area contributed by atoms with Gasteiger partial charge in [0.25, 0.3) is 5.91 Å². The van der Waals surface area contributed by atoms with Crippen LogP contribution in [0.15, 0.2) is 5.38 Å². The molecule has 1 fully saturated rings. The van der Waals surface area contributed by atoms with E-state index in [1.54, 1.807) is 0 Å². The number of rotatable bonds is 3. The molecule has 18 heavy (non-hydrogen) atoms. The molecule has 1 aromatic rings. The number of nitrogens with one attached hydrogen (secondary N) is 1. The van der Waals surface area contributed by atoms with Crippen LogP contribution in [0.4, 0.5) is 0 Å². The summed E-state index contributed by atoms with van der Waals surface area (Å²) in [5, 5.41) is 2.38. The predicted molar refractivity (Wildman–Crippen MR) is 72.1 cm³/mol. The molecule has 2 rings (SSSR count). The molecule has 0 radical (unpaired) electrons. The number of carbonyl (C=O) groups is 1. The number of nitrogen functional groups attached to an aromatic ring is 1. The average molecular weight is 268 g/mol. The predicted octanol–water partition coefficient (Wildman–Crippen LogP) is 1.51. The van der Waals surface area contributed by atoms with Crippen molar-refractivity contribution in [2.45, 2.75) is 51.7 Å². The minimum Gasteiger partial charge on any atom is -0.292 e. The monoisotopic (exact) mass is 268 g/mol. The van der Waals surface area contributed by atoms with Crippen LogP contribution < -0.4 is 11.3 Å². The number of carbonyl (C=O) groups excluding carboxylic acids is 1. The molecule has 2 heterocycles. The largest absolute Gasteiger partial charge is 0.294 e. The first kappa shape index (κ1) is 13.5. The zero-order valence-corrected chi connectivity index (χ0v) is 11.7. The number of hydrogen-bond donors (Lipinski definition) is 2. The van der Waals surface area contributed by atoms with Gasteiger partial charge in [-0.25, -0.2) is 10.8 Å². The van der Waals surface area contributed by atoms with Crippen molar-refractivity contribution in [2.75, 3.05) is 0 Å². The summed E-state index contributed by atoms with van der Waals surface area (Å²) in [4.78, 5) is 18.1. The van der Waals surface area contributed by atoms with Gasteiger partial charge in [0, 0.05) is 24.0 Å². The summed E-state index contributed by atoms with van der Waals surface area (Å²) in [6, 6.07) is 1.17. The fourth-order valence-electron chi connectivity index (χ4n) is 2.52. The van der Waals surface area contributed by atoms with E-state index in [1.165, 1.54) is 30.6 Å². The fourth-order valence-corrected chi connectivity index (χ4v) is 3.23. The normalized spacial score (nSPS) is 25.1. The summed E-state index contributed by atoms with van der Waals surface area (Å²) in [5.74, 6) is 4.78. The van der Waals surface area contributed by atoms with Crippen LogP contribution in [0.1, 0.15) is 48.6 Å². The molecule has 0 aliphatic carbocycles. The number of aromatic nitrogens is 1. The third-order valence-electron chi connectivity index (χ3n) is 3.60. The molecular weight excluding hydrogens is 248 g/mol. The van der Waals surface area contributed by atoms with Crippen LogP contribution in [0.5, 0.6) is 0 Å². The van der Waals surface area contributed by atoms with Gasteiger partial charge in [0.15, 0.2) is 5.01 Å². The minimum absolute atomic E-state index is 0.314. The molecule has 0 unspecified atom stereocenters. The molecule has 6 heteroatoms. The lowest BCUT2D eigenvalue weighted by atomic mass is 9.97. The highest BCUT2D eigenvalue weighted by atomic mass is 32.1. The van der Waals surface area contributed by atoms with Gasteiger partial charge in [0.05, 0.1) is 5.69 Å². The number of hydrogen-bond acceptors (Lipinski definition) is 5. The maximum atomic E-state index is 11.3. The first-order valence-corrected chi connectivity index (χ1v) is 7.21. The molecule has 0 saturated carbocycles. The Bertz CT molecular complexity index is 410. The Hall–Kier alpha value is -0.980. The fraction of sp³-hybridized carbons (Fsp3) is 0.667. The number of hydrazine groups is 1. The van der Waals surface area contributed by atoms with Gasteiger partial charge >= 0.3 is 0 Å². The Morgan fingerprint density at radius 1 is 1.56 bits per heavy atom. The Labute approximate surface area is 111 Å². The molecule has 100 valence electrons. The van der Waals surface area contributed by atoms with Crippen LogP contribution in [-0.2, 0) is 6.54 Å². The summed E-state index contributed by atoms with van der Waals surface area (Å²) in [5.41, 5.74) is 3.07. The molecule has 1 aromatic heterocycles. The highest BCUT2D eigenvalue weighted by molar-refractivity contribution is 7.11. The smallest absolute Gasteiger partial charge is 0.292 e. The lowest BCUT2D eigenvalue weighted by Crippen LogP contribution is -2.43. The van der Waals surface area contributed by atoms with Crippen molar-refractivity contribution in [3.63, 3.8) is 0 Å². The number of thiazole rings is 1. The Morgan fingerprint density at radius 2 is 2.22 bits per heavy atom. The molecule has 1 aliphatic heterocycles. The summed E-state index contributed by atoms with van der Waals surface area (Å²) < 4.78 is 0. The van der Waals surface area contributed by atoms with E-state index in [-0.39, 0.29) is 5.91 Å². The van der Waals surface area contributed by atoms with Crippen molar-refractivity contribution in [1.29, 1.82) is 0 Å². The minimum atomic E-state index is -0.314. The first-order chi connectivity index (χ1) is 8.61. The van der Waals surface area contributed by atoms with Gasteiger partial charge in [0.1, 0.15) is 0 Å². The molecule has 1 aliphatic rings. The van der Waals surface area contributed by atoms with Crippen LogP contribution in [0, 0.1) is 0 Å². The third-order valence-corrected chi connectivity index (χ3v) is 4.49. The lowest BCUT2D eigenvalue weighted by Gasteiger charge is -2.38. The van der Waals surface area contributed by atoms with Crippen LogP contribution in [0.3, 0.4) is 0 Å². The van der Waals surface area contributed by atoms with Crippen LogP contribution in [-0.4, -0.2) is 27.9 Å². The maximum absolute atomic E-state index is 11.3. The molecule has 3 N–H and O–H groups in total. The summed E-state index contributed by atoms with van der Waals surface area (Å²) >= 11 is 1.34. The molecule has 2 atom stereocenters. The zero-order valence-electron chi connectivity index (χ0n) is 10.8. The second kappa shape index (κ2) is 5.77. The second-order valence-electron chi connectivity index (χ2n) is 4.92. The molecule has 5 nitrogen and oxygen atoms in total.